The summed E-state index contributed by atoms with van der Waals surface area (Å²) in [6.07, 6.45) is -1.68. The number of carbonyl (C=O) groups excluding carboxylic acids is 2. The van der Waals surface area contributed by atoms with Gasteiger partial charge in [0.25, 0.3) is 0 Å². The monoisotopic (exact) mass is 218 g/mol. The van der Waals surface area contributed by atoms with Gasteiger partial charge < -0.3 is 19.3 Å². The quantitative estimate of drug-likeness (QED) is 0.648. The fraction of sp³-hybridized carbons (Fsp3) is 0.778. The Hall–Kier alpha value is -1.14. The summed E-state index contributed by atoms with van der Waals surface area (Å²) < 4.78 is 14.9. The van der Waals surface area contributed by atoms with E-state index in [1.54, 1.807) is 0 Å². The van der Waals surface area contributed by atoms with Crippen LogP contribution in [0.15, 0.2) is 0 Å². The van der Waals surface area contributed by atoms with Crippen LogP contribution in [-0.4, -0.2) is 42.1 Å². The molecule has 0 aromatic rings. The molecular weight excluding hydrogens is 204 g/mol. The molecule has 1 heterocycles. The largest absolute Gasteiger partial charge is 0.456 e. The number of carbonyl (C=O) groups is 2. The molecule has 86 valence electrons. The zero-order valence-electron chi connectivity index (χ0n) is 8.63. The molecule has 0 bridgehead atoms. The summed E-state index contributed by atoms with van der Waals surface area (Å²) in [7, 11) is 0. The zero-order chi connectivity index (χ0) is 11.4. The lowest BCUT2D eigenvalue weighted by Gasteiger charge is -2.17. The van der Waals surface area contributed by atoms with Gasteiger partial charge in [0.2, 0.25) is 6.29 Å². The van der Waals surface area contributed by atoms with E-state index in [2.05, 4.69) is 0 Å². The van der Waals surface area contributed by atoms with Crippen LogP contribution in [-0.2, 0) is 23.8 Å². The third-order valence-electron chi connectivity index (χ3n) is 1.93. The Bertz CT molecular complexity index is 227. The molecule has 0 spiro atoms. The summed E-state index contributed by atoms with van der Waals surface area (Å²) in [6, 6.07) is 0. The molecule has 0 aromatic carbocycles. The van der Waals surface area contributed by atoms with Gasteiger partial charge in [-0.3, -0.25) is 9.59 Å². The zero-order valence-corrected chi connectivity index (χ0v) is 8.63. The van der Waals surface area contributed by atoms with Gasteiger partial charge in [-0.2, -0.15) is 0 Å². The first-order chi connectivity index (χ1) is 7.02. The topological polar surface area (TPSA) is 82.1 Å². The number of rotatable bonds is 3. The van der Waals surface area contributed by atoms with Crippen molar-refractivity contribution in [3.8, 4) is 0 Å². The molecule has 0 amide bonds. The molecule has 1 unspecified atom stereocenters. The van der Waals surface area contributed by atoms with Crippen molar-refractivity contribution < 1.29 is 28.9 Å². The lowest BCUT2D eigenvalue weighted by molar-refractivity contribution is -0.195. The number of aliphatic hydroxyl groups excluding tert-OH is 1. The maximum absolute atomic E-state index is 10.7. The summed E-state index contributed by atoms with van der Waals surface area (Å²) in [4.78, 5) is 21.5. The minimum Gasteiger partial charge on any atom is -0.456 e. The Balaban J connectivity index is 2.56. The van der Waals surface area contributed by atoms with Gasteiger partial charge in [0.05, 0.1) is 12.7 Å². The molecule has 0 aliphatic carbocycles. The fourth-order valence-corrected chi connectivity index (χ4v) is 1.40. The van der Waals surface area contributed by atoms with E-state index < -0.39 is 30.4 Å². The molecule has 15 heavy (non-hydrogen) atoms. The minimum absolute atomic E-state index is 0.199. The van der Waals surface area contributed by atoms with Crippen LogP contribution >= 0.6 is 0 Å². The molecule has 1 aliphatic heterocycles. The third-order valence-corrected chi connectivity index (χ3v) is 1.93. The second-order valence-corrected chi connectivity index (χ2v) is 3.30. The van der Waals surface area contributed by atoms with Crippen LogP contribution in [0.1, 0.15) is 20.3 Å². The third kappa shape index (κ3) is 3.49. The Kier molecular flexibility index (Phi) is 4.05. The first-order valence-corrected chi connectivity index (χ1v) is 4.63. The van der Waals surface area contributed by atoms with E-state index in [9.17, 15) is 9.59 Å². The van der Waals surface area contributed by atoms with E-state index >= 15 is 0 Å². The van der Waals surface area contributed by atoms with Gasteiger partial charge >= 0.3 is 11.9 Å². The average molecular weight is 218 g/mol. The highest BCUT2D eigenvalue weighted by Gasteiger charge is 2.39. The summed E-state index contributed by atoms with van der Waals surface area (Å²) >= 11 is 0. The van der Waals surface area contributed by atoms with E-state index in [-0.39, 0.29) is 6.61 Å². The average Bonchev–Trinajstić information content (AvgIpc) is 2.46. The highest BCUT2D eigenvalue weighted by atomic mass is 16.7. The van der Waals surface area contributed by atoms with Crippen molar-refractivity contribution >= 4 is 11.9 Å². The maximum atomic E-state index is 10.7. The second-order valence-electron chi connectivity index (χ2n) is 3.30. The van der Waals surface area contributed by atoms with Crippen LogP contribution in [0.25, 0.3) is 0 Å². The minimum atomic E-state index is -0.913. The van der Waals surface area contributed by atoms with Crippen LogP contribution in [0.3, 0.4) is 0 Å². The first kappa shape index (κ1) is 11.9. The van der Waals surface area contributed by atoms with Gasteiger partial charge in [0, 0.05) is 20.3 Å². The molecule has 1 saturated heterocycles. The standard InChI is InChI=1S/C9H14O6/c1-5(11)13-8-3-7(4-10)15-9(8)14-6(2)12/h7-10H,3-4H2,1-2H3/t7-,8+,9?/m0/s1. The molecule has 6 nitrogen and oxygen atoms in total. The lowest BCUT2D eigenvalue weighted by Crippen LogP contribution is -2.30. The Morgan fingerprint density at radius 1 is 1.33 bits per heavy atom. The highest BCUT2D eigenvalue weighted by Crippen LogP contribution is 2.24. The van der Waals surface area contributed by atoms with Gasteiger partial charge in [0.1, 0.15) is 0 Å². The van der Waals surface area contributed by atoms with Gasteiger partial charge in [-0.05, 0) is 0 Å². The molecule has 1 rings (SSSR count). The van der Waals surface area contributed by atoms with Crippen LogP contribution in [0.2, 0.25) is 0 Å². The summed E-state index contributed by atoms with van der Waals surface area (Å²) in [5.41, 5.74) is 0. The van der Waals surface area contributed by atoms with Gasteiger partial charge in [-0.25, -0.2) is 0 Å². The van der Waals surface area contributed by atoms with Crippen LogP contribution in [0, 0.1) is 0 Å². The molecule has 6 heteroatoms. The molecule has 0 aromatic heterocycles. The van der Waals surface area contributed by atoms with Gasteiger partial charge in [-0.15, -0.1) is 0 Å². The van der Waals surface area contributed by atoms with Crippen molar-refractivity contribution in [2.75, 3.05) is 6.61 Å². The van der Waals surface area contributed by atoms with Gasteiger partial charge in [-0.1, -0.05) is 0 Å². The Morgan fingerprint density at radius 2 is 1.93 bits per heavy atom. The van der Waals surface area contributed by atoms with E-state index in [1.807, 2.05) is 0 Å². The summed E-state index contributed by atoms with van der Waals surface area (Å²) in [6.45, 7) is 2.30. The molecule has 1 fully saturated rings. The predicted molar refractivity (Wildman–Crippen MR) is 47.7 cm³/mol. The lowest BCUT2D eigenvalue weighted by atomic mass is 10.2. The molecule has 1 N–H and O–H groups in total. The number of hydrogen-bond acceptors (Lipinski definition) is 6. The summed E-state index contributed by atoms with van der Waals surface area (Å²) in [5, 5.41) is 8.86. The van der Waals surface area contributed by atoms with Crippen LogP contribution in [0.5, 0.6) is 0 Å². The SMILES string of the molecule is CC(=O)OC1O[C@H](CO)C[C@H]1OC(C)=O. The molecule has 0 saturated carbocycles. The molecular formula is C9H14O6. The van der Waals surface area contributed by atoms with Gasteiger partial charge in [0.15, 0.2) is 6.10 Å². The van der Waals surface area contributed by atoms with E-state index in [4.69, 9.17) is 19.3 Å². The van der Waals surface area contributed by atoms with Crippen LogP contribution < -0.4 is 0 Å². The molecule has 1 aliphatic rings. The number of aliphatic hydroxyl groups is 1. The maximum Gasteiger partial charge on any atom is 0.305 e. The predicted octanol–water partition coefficient (Wildman–Crippen LogP) is -0.412. The Labute approximate surface area is 87.1 Å². The van der Waals surface area contributed by atoms with E-state index in [1.165, 1.54) is 13.8 Å². The number of ether oxygens (including phenoxy) is 3. The van der Waals surface area contributed by atoms with Crippen molar-refractivity contribution in [1.29, 1.82) is 0 Å². The van der Waals surface area contributed by atoms with Crippen LogP contribution in [0.4, 0.5) is 0 Å². The van der Waals surface area contributed by atoms with Crippen molar-refractivity contribution in [1.82, 2.24) is 0 Å². The summed E-state index contributed by atoms with van der Waals surface area (Å²) in [5.74, 6) is -0.991. The fourth-order valence-electron chi connectivity index (χ4n) is 1.40. The molecule has 3 atom stereocenters. The number of hydrogen-bond donors (Lipinski definition) is 1. The highest BCUT2D eigenvalue weighted by molar-refractivity contribution is 5.67. The smallest absolute Gasteiger partial charge is 0.305 e. The Morgan fingerprint density at radius 3 is 2.40 bits per heavy atom. The molecule has 0 radical (unpaired) electrons. The van der Waals surface area contributed by atoms with Crippen molar-refractivity contribution in [2.24, 2.45) is 0 Å². The van der Waals surface area contributed by atoms with E-state index in [0.717, 1.165) is 0 Å². The van der Waals surface area contributed by atoms with E-state index in [0.29, 0.717) is 6.42 Å². The second kappa shape index (κ2) is 5.09. The normalized spacial score (nSPS) is 29.9. The van der Waals surface area contributed by atoms with Crippen molar-refractivity contribution in [3.63, 3.8) is 0 Å². The first-order valence-electron chi connectivity index (χ1n) is 4.63. The van der Waals surface area contributed by atoms with Crippen molar-refractivity contribution in [3.05, 3.63) is 0 Å². The van der Waals surface area contributed by atoms with Crippen molar-refractivity contribution in [2.45, 2.75) is 38.8 Å². The number of esters is 2.